The van der Waals surface area contributed by atoms with Crippen molar-refractivity contribution < 1.29 is 4.79 Å². The standard InChI is InChI=1S/C16H33NO/c1-4-16(2,3)14-12-10-8-6-5-7-9-11-13-15(17)18/h4-14H2,1-3H3,(H2,17,18). The van der Waals surface area contributed by atoms with Crippen LogP contribution in [0, 0.1) is 5.41 Å². The highest BCUT2D eigenvalue weighted by molar-refractivity contribution is 5.73. The van der Waals surface area contributed by atoms with E-state index < -0.39 is 0 Å². The van der Waals surface area contributed by atoms with Crippen LogP contribution in [-0.4, -0.2) is 5.91 Å². The number of unbranched alkanes of at least 4 members (excludes halogenated alkanes) is 7. The average Bonchev–Trinajstić information content (AvgIpc) is 2.31. The van der Waals surface area contributed by atoms with Crippen molar-refractivity contribution in [1.29, 1.82) is 0 Å². The normalized spacial score (nSPS) is 11.7. The maximum absolute atomic E-state index is 10.5. The van der Waals surface area contributed by atoms with E-state index in [-0.39, 0.29) is 5.91 Å². The smallest absolute Gasteiger partial charge is 0.217 e. The molecule has 0 heterocycles. The second kappa shape index (κ2) is 10.4. The number of rotatable bonds is 12. The van der Waals surface area contributed by atoms with Crippen molar-refractivity contribution in [3.8, 4) is 0 Å². The summed E-state index contributed by atoms with van der Waals surface area (Å²) in [5, 5.41) is 0. The zero-order valence-electron chi connectivity index (χ0n) is 12.8. The summed E-state index contributed by atoms with van der Waals surface area (Å²) in [5.74, 6) is -0.159. The van der Waals surface area contributed by atoms with Gasteiger partial charge in [0.05, 0.1) is 0 Å². The van der Waals surface area contributed by atoms with Crippen molar-refractivity contribution in [3.05, 3.63) is 0 Å². The summed E-state index contributed by atoms with van der Waals surface area (Å²) in [5.41, 5.74) is 5.63. The van der Waals surface area contributed by atoms with Gasteiger partial charge in [-0.25, -0.2) is 0 Å². The van der Waals surface area contributed by atoms with E-state index in [9.17, 15) is 4.79 Å². The Morgan fingerprint density at radius 2 is 1.33 bits per heavy atom. The molecule has 2 N–H and O–H groups in total. The van der Waals surface area contributed by atoms with Crippen LogP contribution in [0.3, 0.4) is 0 Å². The van der Waals surface area contributed by atoms with E-state index in [1.54, 1.807) is 0 Å². The van der Waals surface area contributed by atoms with Gasteiger partial charge in [-0.3, -0.25) is 4.79 Å². The van der Waals surface area contributed by atoms with Gasteiger partial charge in [0.2, 0.25) is 5.91 Å². The highest BCUT2D eigenvalue weighted by Crippen LogP contribution is 2.27. The average molecular weight is 255 g/mol. The molecule has 0 aromatic heterocycles. The summed E-state index contributed by atoms with van der Waals surface area (Å²) >= 11 is 0. The van der Waals surface area contributed by atoms with Gasteiger partial charge in [0, 0.05) is 6.42 Å². The number of carbonyl (C=O) groups is 1. The molecule has 2 heteroatoms. The molecule has 2 nitrogen and oxygen atoms in total. The molecule has 0 unspecified atom stereocenters. The topological polar surface area (TPSA) is 43.1 Å². The molecule has 0 spiro atoms. The third-order valence-corrected chi connectivity index (χ3v) is 3.98. The molecule has 0 aliphatic rings. The van der Waals surface area contributed by atoms with Gasteiger partial charge < -0.3 is 5.73 Å². The third kappa shape index (κ3) is 11.9. The molecule has 0 aromatic carbocycles. The Morgan fingerprint density at radius 3 is 1.78 bits per heavy atom. The summed E-state index contributed by atoms with van der Waals surface area (Å²) in [7, 11) is 0. The van der Waals surface area contributed by atoms with Crippen LogP contribution in [0.5, 0.6) is 0 Å². The Balaban J connectivity index is 3.15. The molecular weight excluding hydrogens is 222 g/mol. The monoisotopic (exact) mass is 255 g/mol. The third-order valence-electron chi connectivity index (χ3n) is 3.98. The lowest BCUT2D eigenvalue weighted by atomic mass is 9.84. The number of primary amides is 1. The highest BCUT2D eigenvalue weighted by atomic mass is 16.1. The van der Waals surface area contributed by atoms with E-state index in [0.29, 0.717) is 11.8 Å². The molecule has 0 bridgehead atoms. The lowest BCUT2D eigenvalue weighted by Gasteiger charge is -2.22. The van der Waals surface area contributed by atoms with E-state index in [2.05, 4.69) is 20.8 Å². The molecule has 1 amide bonds. The molecule has 0 atom stereocenters. The van der Waals surface area contributed by atoms with E-state index in [1.165, 1.54) is 51.4 Å². The zero-order valence-corrected chi connectivity index (χ0v) is 12.8. The summed E-state index contributed by atoms with van der Waals surface area (Å²) in [4.78, 5) is 10.5. The Hall–Kier alpha value is -0.530. The van der Waals surface area contributed by atoms with Crippen molar-refractivity contribution in [3.63, 3.8) is 0 Å². The number of hydrogen-bond donors (Lipinski definition) is 1. The Bertz CT molecular complexity index is 211. The largest absolute Gasteiger partial charge is 0.370 e. The molecule has 0 aliphatic heterocycles. The van der Waals surface area contributed by atoms with Crippen molar-refractivity contribution >= 4 is 5.91 Å². The minimum absolute atomic E-state index is 0.159. The number of carbonyl (C=O) groups excluding carboxylic acids is 1. The molecule has 0 rings (SSSR count). The minimum Gasteiger partial charge on any atom is -0.370 e. The van der Waals surface area contributed by atoms with E-state index >= 15 is 0 Å². The van der Waals surface area contributed by atoms with Crippen LogP contribution >= 0.6 is 0 Å². The number of hydrogen-bond acceptors (Lipinski definition) is 1. The maximum atomic E-state index is 10.5. The second-order valence-electron chi connectivity index (χ2n) is 6.31. The van der Waals surface area contributed by atoms with E-state index in [4.69, 9.17) is 5.73 Å². The molecule has 0 radical (unpaired) electrons. The fourth-order valence-corrected chi connectivity index (χ4v) is 2.14. The lowest BCUT2D eigenvalue weighted by molar-refractivity contribution is -0.118. The van der Waals surface area contributed by atoms with Crippen LogP contribution < -0.4 is 5.73 Å². The Kier molecular flexibility index (Phi) is 10.1. The minimum atomic E-state index is -0.159. The summed E-state index contributed by atoms with van der Waals surface area (Å²) in [6.45, 7) is 7.02. The maximum Gasteiger partial charge on any atom is 0.217 e. The molecule has 0 saturated carbocycles. The molecule has 0 saturated heterocycles. The van der Waals surface area contributed by atoms with Gasteiger partial charge in [-0.05, 0) is 18.3 Å². The quantitative estimate of drug-likeness (QED) is 0.500. The van der Waals surface area contributed by atoms with Gasteiger partial charge in [0.15, 0.2) is 0 Å². The predicted octanol–water partition coefficient (Wildman–Crippen LogP) is 4.81. The highest BCUT2D eigenvalue weighted by Gasteiger charge is 2.13. The number of amides is 1. The van der Waals surface area contributed by atoms with Gasteiger partial charge in [-0.2, -0.15) is 0 Å². The lowest BCUT2D eigenvalue weighted by Crippen LogP contribution is -2.09. The van der Waals surface area contributed by atoms with Crippen LogP contribution in [0.25, 0.3) is 0 Å². The molecule has 0 aromatic rings. The first-order valence-electron chi connectivity index (χ1n) is 7.76. The van der Waals surface area contributed by atoms with Crippen LogP contribution in [-0.2, 0) is 4.79 Å². The predicted molar refractivity (Wildman–Crippen MR) is 79.4 cm³/mol. The molecule has 0 aliphatic carbocycles. The summed E-state index contributed by atoms with van der Waals surface area (Å²) in [6, 6.07) is 0. The first-order valence-corrected chi connectivity index (χ1v) is 7.76. The first-order chi connectivity index (χ1) is 8.48. The molecular formula is C16H33NO. The van der Waals surface area contributed by atoms with Crippen molar-refractivity contribution in [2.45, 2.75) is 91.4 Å². The van der Waals surface area contributed by atoms with Crippen LogP contribution in [0.1, 0.15) is 91.4 Å². The molecule has 18 heavy (non-hydrogen) atoms. The van der Waals surface area contributed by atoms with Crippen LogP contribution in [0.15, 0.2) is 0 Å². The fraction of sp³-hybridized carbons (Fsp3) is 0.938. The number of nitrogens with two attached hydrogens (primary N) is 1. The Labute approximate surface area is 114 Å². The first kappa shape index (κ1) is 17.5. The SMILES string of the molecule is CCC(C)(C)CCCCCCCCCCC(N)=O. The van der Waals surface area contributed by atoms with Gasteiger partial charge in [0.1, 0.15) is 0 Å². The van der Waals surface area contributed by atoms with Gasteiger partial charge >= 0.3 is 0 Å². The second-order valence-corrected chi connectivity index (χ2v) is 6.31. The zero-order chi connectivity index (χ0) is 13.9. The summed E-state index contributed by atoms with van der Waals surface area (Å²) < 4.78 is 0. The van der Waals surface area contributed by atoms with Gasteiger partial charge in [0.25, 0.3) is 0 Å². The molecule has 0 fully saturated rings. The van der Waals surface area contributed by atoms with Gasteiger partial charge in [-0.1, -0.05) is 72.1 Å². The fourth-order valence-electron chi connectivity index (χ4n) is 2.14. The van der Waals surface area contributed by atoms with Gasteiger partial charge in [-0.15, -0.1) is 0 Å². The molecule has 108 valence electrons. The Morgan fingerprint density at radius 1 is 0.889 bits per heavy atom. The summed E-state index contributed by atoms with van der Waals surface area (Å²) in [6.07, 6.45) is 13.4. The van der Waals surface area contributed by atoms with Crippen molar-refractivity contribution in [2.75, 3.05) is 0 Å². The van der Waals surface area contributed by atoms with Crippen molar-refractivity contribution in [2.24, 2.45) is 11.1 Å². The van der Waals surface area contributed by atoms with Crippen LogP contribution in [0.4, 0.5) is 0 Å². The van der Waals surface area contributed by atoms with Crippen molar-refractivity contribution in [1.82, 2.24) is 0 Å². The van der Waals surface area contributed by atoms with Crippen LogP contribution in [0.2, 0.25) is 0 Å². The van der Waals surface area contributed by atoms with E-state index in [0.717, 1.165) is 12.8 Å². The van der Waals surface area contributed by atoms with E-state index in [1.807, 2.05) is 0 Å².